The summed E-state index contributed by atoms with van der Waals surface area (Å²) in [5.74, 6) is -0.304. The lowest BCUT2D eigenvalue weighted by Gasteiger charge is -2.09. The minimum Gasteiger partial charge on any atom is -0.357 e. The van der Waals surface area contributed by atoms with Crippen molar-refractivity contribution in [3.63, 3.8) is 0 Å². The van der Waals surface area contributed by atoms with Gasteiger partial charge >= 0.3 is 0 Å². The van der Waals surface area contributed by atoms with Crippen molar-refractivity contribution in [1.82, 2.24) is 20.1 Å². The third-order valence-electron chi connectivity index (χ3n) is 4.41. The Balaban J connectivity index is 1.65. The molecule has 0 bridgehead atoms. The average Bonchev–Trinajstić information content (AvgIpc) is 3.09. The number of hydrogen-bond acceptors (Lipinski definition) is 3. The molecule has 2 heterocycles. The highest BCUT2D eigenvalue weighted by Gasteiger charge is 2.16. The molecule has 0 unspecified atom stereocenters. The number of hydrogen-bond donors (Lipinski definition) is 2. The Morgan fingerprint density at radius 3 is 2.62 bits per heavy atom. The van der Waals surface area contributed by atoms with E-state index in [9.17, 15) is 9.59 Å². The maximum atomic E-state index is 12.7. The van der Waals surface area contributed by atoms with Gasteiger partial charge < -0.3 is 10.3 Å². The van der Waals surface area contributed by atoms with Crippen molar-refractivity contribution >= 4 is 27.6 Å². The number of aryl methyl sites for hydroxylation is 1. The standard InChI is InChI=1S/C20H18N4O2/c1-2-24-20(26)16-9-5-4-8-15(16)18(23-24)19(25)21-12-14-11-13-7-3-6-10-17(13)22-14/h3-11,22H,2,12H2,1H3,(H,21,25). The fraction of sp³-hybridized carbons (Fsp3) is 0.150. The van der Waals surface area contributed by atoms with Gasteiger partial charge in [0.2, 0.25) is 0 Å². The minimum atomic E-state index is -0.304. The number of amides is 1. The smallest absolute Gasteiger partial charge is 0.274 e. The molecule has 1 amide bonds. The van der Waals surface area contributed by atoms with Crippen LogP contribution in [0.4, 0.5) is 0 Å². The lowest BCUT2D eigenvalue weighted by molar-refractivity contribution is 0.0945. The minimum absolute atomic E-state index is 0.185. The molecule has 4 aromatic rings. The number of para-hydroxylation sites is 1. The summed E-state index contributed by atoms with van der Waals surface area (Å²) in [6.45, 7) is 2.59. The molecule has 2 N–H and O–H groups in total. The van der Waals surface area contributed by atoms with Crippen LogP contribution in [0.1, 0.15) is 23.1 Å². The lowest BCUT2D eigenvalue weighted by Crippen LogP contribution is -2.30. The van der Waals surface area contributed by atoms with E-state index in [-0.39, 0.29) is 17.2 Å². The molecule has 26 heavy (non-hydrogen) atoms. The van der Waals surface area contributed by atoms with Crippen molar-refractivity contribution < 1.29 is 4.79 Å². The predicted molar refractivity (Wildman–Crippen MR) is 101 cm³/mol. The summed E-state index contributed by atoms with van der Waals surface area (Å²) in [5.41, 5.74) is 2.01. The van der Waals surface area contributed by atoms with Crippen molar-refractivity contribution in [2.45, 2.75) is 20.0 Å². The Bertz CT molecular complexity index is 1140. The van der Waals surface area contributed by atoms with E-state index in [1.165, 1.54) is 4.68 Å². The number of aromatic amines is 1. The predicted octanol–water partition coefficient (Wildman–Crippen LogP) is 2.83. The molecule has 2 aromatic carbocycles. The van der Waals surface area contributed by atoms with Crippen molar-refractivity contribution in [3.05, 3.63) is 76.3 Å². The fourth-order valence-corrected chi connectivity index (χ4v) is 3.11. The van der Waals surface area contributed by atoms with E-state index in [0.717, 1.165) is 16.6 Å². The van der Waals surface area contributed by atoms with Gasteiger partial charge in [-0.05, 0) is 30.5 Å². The van der Waals surface area contributed by atoms with Gasteiger partial charge in [-0.25, -0.2) is 4.68 Å². The average molecular weight is 346 g/mol. The molecule has 0 spiro atoms. The van der Waals surface area contributed by atoms with Crippen molar-refractivity contribution in [2.24, 2.45) is 0 Å². The first-order chi connectivity index (χ1) is 12.7. The molecule has 0 radical (unpaired) electrons. The van der Waals surface area contributed by atoms with E-state index in [2.05, 4.69) is 15.4 Å². The number of nitrogens with one attached hydrogen (secondary N) is 2. The maximum absolute atomic E-state index is 12.7. The molecule has 0 saturated carbocycles. The van der Waals surface area contributed by atoms with Crippen LogP contribution in [-0.4, -0.2) is 20.7 Å². The second-order valence-electron chi connectivity index (χ2n) is 6.08. The number of carbonyl (C=O) groups excluding carboxylic acids is 1. The van der Waals surface area contributed by atoms with Gasteiger partial charge in [-0.15, -0.1) is 0 Å². The molecule has 6 heteroatoms. The summed E-state index contributed by atoms with van der Waals surface area (Å²) >= 11 is 0. The van der Waals surface area contributed by atoms with E-state index in [1.54, 1.807) is 24.3 Å². The van der Waals surface area contributed by atoms with Crippen LogP contribution >= 0.6 is 0 Å². The second kappa shape index (κ2) is 6.48. The summed E-state index contributed by atoms with van der Waals surface area (Å²) in [5, 5.41) is 9.31. The molecule has 6 nitrogen and oxygen atoms in total. The van der Waals surface area contributed by atoms with Crippen LogP contribution in [0.2, 0.25) is 0 Å². The van der Waals surface area contributed by atoms with Crippen molar-refractivity contribution in [3.8, 4) is 0 Å². The zero-order chi connectivity index (χ0) is 18.1. The highest BCUT2D eigenvalue weighted by Crippen LogP contribution is 2.16. The zero-order valence-electron chi connectivity index (χ0n) is 14.3. The molecule has 0 saturated heterocycles. The summed E-state index contributed by atoms with van der Waals surface area (Å²) < 4.78 is 1.32. The Morgan fingerprint density at radius 2 is 1.85 bits per heavy atom. The Hall–Kier alpha value is -3.41. The SMILES string of the molecule is CCn1nc(C(=O)NCc2cc3ccccc3[nH]2)c2ccccc2c1=O. The second-order valence-corrected chi connectivity index (χ2v) is 6.08. The summed E-state index contributed by atoms with van der Waals surface area (Å²) in [7, 11) is 0. The van der Waals surface area contributed by atoms with Crippen molar-refractivity contribution in [1.29, 1.82) is 0 Å². The van der Waals surface area contributed by atoms with Gasteiger partial charge in [-0.3, -0.25) is 9.59 Å². The van der Waals surface area contributed by atoms with Crippen LogP contribution < -0.4 is 10.9 Å². The third-order valence-corrected chi connectivity index (χ3v) is 4.41. The highest BCUT2D eigenvalue weighted by molar-refractivity contribution is 6.04. The fourth-order valence-electron chi connectivity index (χ4n) is 3.11. The first-order valence-electron chi connectivity index (χ1n) is 8.52. The van der Waals surface area contributed by atoms with Crippen LogP contribution in [0.25, 0.3) is 21.7 Å². The first-order valence-corrected chi connectivity index (χ1v) is 8.52. The Labute approximate surface area is 149 Å². The highest BCUT2D eigenvalue weighted by atomic mass is 16.2. The first kappa shape index (κ1) is 16.1. The van der Waals surface area contributed by atoms with Gasteiger partial charge in [0.05, 0.1) is 11.9 Å². The van der Waals surface area contributed by atoms with Gasteiger partial charge in [0, 0.05) is 23.1 Å². The zero-order valence-corrected chi connectivity index (χ0v) is 14.3. The van der Waals surface area contributed by atoms with E-state index >= 15 is 0 Å². The van der Waals surface area contributed by atoms with Gasteiger partial charge in [0.25, 0.3) is 11.5 Å². The van der Waals surface area contributed by atoms with Gasteiger partial charge in [-0.2, -0.15) is 5.10 Å². The molecule has 0 atom stereocenters. The van der Waals surface area contributed by atoms with E-state index < -0.39 is 0 Å². The van der Waals surface area contributed by atoms with Crippen LogP contribution in [0.3, 0.4) is 0 Å². The van der Waals surface area contributed by atoms with E-state index in [4.69, 9.17) is 0 Å². The summed E-state index contributed by atoms with van der Waals surface area (Å²) in [6.07, 6.45) is 0. The number of fused-ring (bicyclic) bond motifs is 2. The summed E-state index contributed by atoms with van der Waals surface area (Å²) in [4.78, 5) is 28.4. The maximum Gasteiger partial charge on any atom is 0.274 e. The number of aromatic nitrogens is 3. The molecule has 0 aliphatic heterocycles. The normalized spacial score (nSPS) is 11.1. The molecule has 0 aliphatic rings. The monoisotopic (exact) mass is 346 g/mol. The molecule has 0 aliphatic carbocycles. The topological polar surface area (TPSA) is 79.8 Å². The number of carbonyl (C=O) groups is 1. The van der Waals surface area contributed by atoms with Crippen LogP contribution in [0, 0.1) is 0 Å². The van der Waals surface area contributed by atoms with Crippen LogP contribution in [0.15, 0.2) is 59.4 Å². The molecule has 0 fully saturated rings. The number of rotatable bonds is 4. The Kier molecular flexibility index (Phi) is 4.01. The van der Waals surface area contributed by atoms with Gasteiger partial charge in [-0.1, -0.05) is 36.4 Å². The quantitative estimate of drug-likeness (QED) is 0.596. The summed E-state index contributed by atoms with van der Waals surface area (Å²) in [6, 6.07) is 17.0. The van der Waals surface area contributed by atoms with Crippen LogP contribution in [0.5, 0.6) is 0 Å². The van der Waals surface area contributed by atoms with Gasteiger partial charge in [0.1, 0.15) is 0 Å². The van der Waals surface area contributed by atoms with E-state index in [1.807, 2.05) is 37.3 Å². The van der Waals surface area contributed by atoms with Crippen molar-refractivity contribution in [2.75, 3.05) is 0 Å². The number of nitrogens with zero attached hydrogens (tertiary/aromatic N) is 2. The largest absolute Gasteiger partial charge is 0.357 e. The molecule has 2 aromatic heterocycles. The Morgan fingerprint density at radius 1 is 1.12 bits per heavy atom. The van der Waals surface area contributed by atoms with Gasteiger partial charge in [0.15, 0.2) is 5.69 Å². The molecule has 130 valence electrons. The number of H-pyrrole nitrogens is 1. The van der Waals surface area contributed by atoms with Crippen LogP contribution in [-0.2, 0) is 13.1 Å². The number of benzene rings is 2. The molecular weight excluding hydrogens is 328 g/mol. The third kappa shape index (κ3) is 2.75. The lowest BCUT2D eigenvalue weighted by atomic mass is 10.1. The molecular formula is C20H18N4O2. The van der Waals surface area contributed by atoms with E-state index in [0.29, 0.717) is 23.9 Å². The molecule has 4 rings (SSSR count).